The van der Waals surface area contributed by atoms with Gasteiger partial charge in [0.1, 0.15) is 60.3 Å². The molecule has 0 radical (unpaired) electrons. The van der Waals surface area contributed by atoms with Gasteiger partial charge in [0.05, 0.1) is 43.7 Å². The Morgan fingerprint density at radius 1 is 0.587 bits per heavy atom. The van der Waals surface area contributed by atoms with Crippen molar-refractivity contribution in [2.24, 2.45) is 10.8 Å². The van der Waals surface area contributed by atoms with E-state index in [2.05, 4.69) is 52.8 Å². The van der Waals surface area contributed by atoms with E-state index in [0.717, 1.165) is 26.2 Å². The molecule has 4 aliphatic rings. The molecule has 0 saturated carbocycles. The fraction of sp³-hybridized carbons (Fsp3) is 0.474. The summed E-state index contributed by atoms with van der Waals surface area (Å²) in [6.07, 6.45) is 2.30. The van der Waals surface area contributed by atoms with Crippen LogP contribution in [0.5, 0.6) is 5.75 Å². The number of likely N-dealkylation sites (N-methyl/N-ethyl adjacent to an activating group) is 2. The van der Waals surface area contributed by atoms with E-state index >= 15 is 14.4 Å². The Balaban J connectivity index is 1.05. The molecule has 12 atom stereocenters. The summed E-state index contributed by atoms with van der Waals surface area (Å²) in [5.74, 6) is -7.48. The number of hydrogen-bond donors (Lipinski definition) is 10. The molecule has 4 bridgehead atoms. The third kappa shape index (κ3) is 20.0. The van der Waals surface area contributed by atoms with Gasteiger partial charge in [-0.2, -0.15) is 0 Å². The maximum Gasteiger partial charge on any atom is 0.328 e. The standard InChI is InChI=1S/C76H97N13O15/c1-44(77-9)65(90)83-63(75(3,4)5)71(96)87-33-30-59-61(87)69(94)80-55(40-47-21-25-49-17-11-13-19-51(49)37-47)67(92)79-32-29-58(74(100)101)89-42-53(85-86-89)43-104-60-31-34-88(72(97)64(76(6,7)8)84-66(91)45(2)78-10)62(60)70(95)81-56(41-48-22-26-50-18-12-14-20-52(50)38-48)68(93)82-57(73(98)99)39-46-23-27-54(28-24-46)102-35-15-16-36-103-59/h11-28,37-38,42,44-45,55-64,77-78H,29-36,39-41,43H2,1-10H3,(H,79,92)(H,80,94)(H,81,95)(H,82,93)(H,83,90)(H,84,91)(H,98,99)(H,100,101)/t44-,45-,55-,56-,57-,58-,59+,60+,61-,62-,63+,64+/m0/s1. The van der Waals surface area contributed by atoms with Crippen LogP contribution >= 0.6 is 0 Å². The van der Waals surface area contributed by atoms with Crippen LogP contribution in [0.4, 0.5) is 0 Å². The van der Waals surface area contributed by atoms with E-state index in [1.54, 1.807) is 112 Å². The minimum absolute atomic E-state index is 0.0410. The summed E-state index contributed by atoms with van der Waals surface area (Å²) in [4.78, 5) is 146. The number of nitrogens with zero attached hydrogens (tertiary/aromatic N) is 5. The second-order valence-corrected chi connectivity index (χ2v) is 28.9. The van der Waals surface area contributed by atoms with Crippen molar-refractivity contribution >= 4 is 80.7 Å². The molecular formula is C76H97N13O15. The van der Waals surface area contributed by atoms with Crippen molar-refractivity contribution in [3.05, 3.63) is 150 Å². The number of aliphatic carboxylic acids is 2. The van der Waals surface area contributed by atoms with Gasteiger partial charge in [0.15, 0.2) is 6.04 Å². The first-order valence-electron chi connectivity index (χ1n) is 35.2. The summed E-state index contributed by atoms with van der Waals surface area (Å²) in [6, 6.07) is 20.7. The molecule has 0 aliphatic carbocycles. The van der Waals surface area contributed by atoms with Crippen LogP contribution in [0.1, 0.15) is 103 Å². The highest BCUT2D eigenvalue weighted by Crippen LogP contribution is 2.32. The molecule has 28 heteroatoms. The largest absolute Gasteiger partial charge is 0.490 e. The van der Waals surface area contributed by atoms with Crippen LogP contribution in [0.3, 0.4) is 0 Å². The molecule has 5 aromatic carbocycles. The van der Waals surface area contributed by atoms with E-state index in [4.69, 9.17) is 14.2 Å². The Morgan fingerprint density at radius 2 is 1.08 bits per heavy atom. The topological polar surface area (TPSA) is 372 Å². The van der Waals surface area contributed by atoms with Crippen LogP contribution in [-0.2, 0) is 83.3 Å². The Labute approximate surface area is 604 Å². The number of carboxylic acids is 2. The lowest BCUT2D eigenvalue weighted by molar-refractivity contribution is -0.147. The van der Waals surface area contributed by atoms with Crippen molar-refractivity contribution in [3.63, 3.8) is 0 Å². The first-order chi connectivity index (χ1) is 49.5. The summed E-state index contributed by atoms with van der Waals surface area (Å²) in [5.41, 5.74) is 0.142. The van der Waals surface area contributed by atoms with E-state index in [-0.39, 0.29) is 83.7 Å². The summed E-state index contributed by atoms with van der Waals surface area (Å²) >= 11 is 0. The number of ether oxygens (including phenoxy) is 3. The van der Waals surface area contributed by atoms with Crippen LogP contribution < -0.4 is 47.3 Å². The third-order valence-electron chi connectivity index (χ3n) is 19.2. The van der Waals surface area contributed by atoms with Gasteiger partial charge in [0.2, 0.25) is 47.3 Å². The fourth-order valence-corrected chi connectivity index (χ4v) is 13.0. The van der Waals surface area contributed by atoms with Crippen molar-refractivity contribution in [1.29, 1.82) is 0 Å². The fourth-order valence-electron chi connectivity index (χ4n) is 13.0. The average Bonchev–Trinajstić information content (AvgIpc) is 1.60. The summed E-state index contributed by atoms with van der Waals surface area (Å²) in [5, 5.41) is 56.2. The number of nitrogens with one attached hydrogen (secondary N) is 8. The molecule has 1 aromatic heterocycles. The highest BCUT2D eigenvalue weighted by atomic mass is 16.5. The van der Waals surface area contributed by atoms with Gasteiger partial charge < -0.3 is 76.8 Å². The van der Waals surface area contributed by atoms with Crippen LogP contribution in [-0.4, -0.2) is 208 Å². The predicted molar refractivity (Wildman–Crippen MR) is 386 cm³/mol. The minimum atomic E-state index is -1.51. The molecule has 8 amide bonds. The Morgan fingerprint density at radius 3 is 1.57 bits per heavy atom. The lowest BCUT2D eigenvalue weighted by atomic mass is 9.85. The van der Waals surface area contributed by atoms with Crippen molar-refractivity contribution in [1.82, 2.24) is 67.3 Å². The van der Waals surface area contributed by atoms with Crippen molar-refractivity contribution in [2.45, 2.75) is 173 Å². The zero-order valence-electron chi connectivity index (χ0n) is 60.5. The van der Waals surface area contributed by atoms with Crippen molar-refractivity contribution < 1.29 is 72.4 Å². The normalized spacial score (nSPS) is 22.8. The van der Waals surface area contributed by atoms with E-state index in [0.29, 0.717) is 22.4 Å². The SMILES string of the molecule is CN[C@@H](C)C(=O)N[C@H](C(=O)N1CC[C@H]2OCC=CCOc3ccc(cc3)C[C@@H](C(=O)O)NC(=O)[C@H](Cc3ccc4ccccc4c3)NC(=O)[C@@H]3[C@@H](CCN3C(=O)[C@@H](NC(=O)[C@H](C)NC)C(C)(C)C)OCc3cn(nn3)[C@H](C(=O)O)CCNC(=O)[C@H](Cc3ccc4ccccc4c3)NC(=O)[C@H]21)C(C)(C)C. The van der Waals surface area contributed by atoms with Gasteiger partial charge in [0, 0.05) is 38.9 Å². The zero-order chi connectivity index (χ0) is 75.2. The van der Waals surface area contributed by atoms with Crippen molar-refractivity contribution in [2.75, 3.05) is 46.9 Å². The van der Waals surface area contributed by atoms with Crippen LogP contribution in [0.2, 0.25) is 0 Å². The number of hydrogen-bond acceptors (Lipinski definition) is 17. The number of fused-ring (bicyclic) bond motifs is 22. The number of rotatable bonds is 14. The molecule has 10 N–H and O–H groups in total. The summed E-state index contributed by atoms with van der Waals surface area (Å²) in [6.45, 7) is 13.3. The van der Waals surface area contributed by atoms with Crippen LogP contribution in [0.25, 0.3) is 21.5 Å². The number of carbonyl (C=O) groups excluding carboxylic acids is 8. The molecule has 6 aromatic rings. The quantitative estimate of drug-likeness (QED) is 0.0695. The molecule has 0 unspecified atom stereocenters. The van der Waals surface area contributed by atoms with E-state index < -0.39 is 143 Å². The number of carboxylic acid groups (broad SMARTS) is 2. The van der Waals surface area contributed by atoms with Gasteiger partial charge in [-0.25, -0.2) is 14.3 Å². The molecule has 2 saturated heterocycles. The maximum atomic E-state index is 15.4. The minimum Gasteiger partial charge on any atom is -0.490 e. The Kier molecular flexibility index (Phi) is 26.2. The van der Waals surface area contributed by atoms with E-state index in [1.807, 2.05) is 78.9 Å². The molecule has 28 nitrogen and oxygen atoms in total. The first kappa shape index (κ1) is 78.0. The molecule has 556 valence electrons. The Bertz CT molecular complexity index is 4110. The van der Waals surface area contributed by atoms with Crippen LogP contribution in [0.15, 0.2) is 128 Å². The maximum absolute atomic E-state index is 15.4. The molecular weight excluding hydrogens is 1330 g/mol. The Hall–Kier alpha value is -10.2. The number of likely N-dealkylation sites (tertiary alicyclic amines) is 2. The number of aromatic nitrogens is 3. The predicted octanol–water partition coefficient (Wildman–Crippen LogP) is 3.68. The summed E-state index contributed by atoms with van der Waals surface area (Å²) < 4.78 is 20.0. The zero-order valence-corrected chi connectivity index (χ0v) is 60.5. The highest BCUT2D eigenvalue weighted by molar-refractivity contribution is 5.98. The van der Waals surface area contributed by atoms with Gasteiger partial charge in [0.25, 0.3) is 0 Å². The van der Waals surface area contributed by atoms with Gasteiger partial charge in [-0.15, -0.1) is 5.10 Å². The van der Waals surface area contributed by atoms with Crippen molar-refractivity contribution in [3.8, 4) is 5.75 Å². The number of benzene rings is 5. The molecule has 5 heterocycles. The summed E-state index contributed by atoms with van der Waals surface area (Å²) in [7, 11) is 3.21. The lowest BCUT2D eigenvalue weighted by Crippen LogP contribution is -2.62. The average molecular weight is 1430 g/mol. The molecule has 2 fully saturated rings. The molecule has 4 aliphatic heterocycles. The van der Waals surface area contributed by atoms with Gasteiger partial charge in [-0.05, 0) is 114 Å². The number of carbonyl (C=O) groups is 10. The van der Waals surface area contributed by atoms with E-state index in [9.17, 15) is 43.8 Å². The molecule has 0 spiro atoms. The van der Waals surface area contributed by atoms with Gasteiger partial charge in [-0.1, -0.05) is 150 Å². The first-order valence-corrected chi connectivity index (χ1v) is 35.2. The third-order valence-corrected chi connectivity index (χ3v) is 19.2. The highest BCUT2D eigenvalue weighted by Gasteiger charge is 2.50. The van der Waals surface area contributed by atoms with Crippen LogP contribution in [0, 0.1) is 10.8 Å². The second kappa shape index (κ2) is 34.9. The molecule has 104 heavy (non-hydrogen) atoms. The van der Waals surface area contributed by atoms with Gasteiger partial charge in [-0.3, -0.25) is 38.4 Å². The molecule has 10 rings (SSSR count). The smallest absolute Gasteiger partial charge is 0.328 e. The second-order valence-electron chi connectivity index (χ2n) is 28.9. The lowest BCUT2D eigenvalue weighted by Gasteiger charge is -2.37. The monoisotopic (exact) mass is 1430 g/mol. The number of amides is 8. The van der Waals surface area contributed by atoms with Gasteiger partial charge >= 0.3 is 11.9 Å². The van der Waals surface area contributed by atoms with E-state index in [1.165, 1.54) is 16.0 Å².